The summed E-state index contributed by atoms with van der Waals surface area (Å²) in [6, 6.07) is 12.3. The third-order valence-electron chi connectivity index (χ3n) is 3.82. The van der Waals surface area contributed by atoms with E-state index in [0.717, 1.165) is 25.2 Å². The average molecular weight is 378 g/mol. The third kappa shape index (κ3) is 4.51. The smallest absolute Gasteiger partial charge is 0.262 e. The number of hydrogen-bond acceptors (Lipinski definition) is 4. The van der Waals surface area contributed by atoms with Crippen LogP contribution in [0.2, 0.25) is 0 Å². The van der Waals surface area contributed by atoms with E-state index in [4.69, 9.17) is 4.74 Å². The second kappa shape index (κ2) is 7.33. The summed E-state index contributed by atoms with van der Waals surface area (Å²) in [5.74, 6) is -0.555. The van der Waals surface area contributed by atoms with Gasteiger partial charge in [-0.3, -0.25) is 9.10 Å². The Bertz CT molecular complexity index is 899. The highest BCUT2D eigenvalue weighted by Gasteiger charge is 2.36. The minimum Gasteiger partial charge on any atom is -0.484 e. The molecule has 0 atom stereocenters. The fourth-order valence-electron chi connectivity index (χ4n) is 2.61. The highest BCUT2D eigenvalue weighted by atomic mass is 32.2. The number of nitrogens with zero attached hydrogens (tertiary/aromatic N) is 1. The van der Waals surface area contributed by atoms with Gasteiger partial charge in [0.1, 0.15) is 11.6 Å². The number of benzene rings is 2. The van der Waals surface area contributed by atoms with E-state index in [1.807, 2.05) is 6.07 Å². The third-order valence-corrected chi connectivity index (χ3v) is 5.03. The molecule has 1 saturated carbocycles. The molecule has 0 aliphatic heterocycles. The van der Waals surface area contributed by atoms with Crippen molar-refractivity contribution in [1.82, 2.24) is 0 Å². The van der Waals surface area contributed by atoms with Crippen LogP contribution in [-0.2, 0) is 14.8 Å². The number of rotatable bonds is 7. The Kier molecular flexibility index (Phi) is 5.13. The van der Waals surface area contributed by atoms with Crippen LogP contribution in [0.25, 0.3) is 0 Å². The van der Waals surface area contributed by atoms with Crippen molar-refractivity contribution in [2.45, 2.75) is 18.9 Å². The number of hydrogen-bond donors (Lipinski definition) is 1. The van der Waals surface area contributed by atoms with E-state index < -0.39 is 21.7 Å². The van der Waals surface area contributed by atoms with Gasteiger partial charge in [-0.2, -0.15) is 0 Å². The number of carbonyl (C=O) groups excluding carboxylic acids is 1. The number of ether oxygens (including phenoxy) is 1. The highest BCUT2D eigenvalue weighted by Crippen LogP contribution is 2.38. The summed E-state index contributed by atoms with van der Waals surface area (Å²) in [5, 5.41) is 2.55. The molecular formula is C18H19FN2O4S. The van der Waals surface area contributed by atoms with Crippen LogP contribution >= 0.6 is 0 Å². The number of carbonyl (C=O) groups is 1. The Hall–Kier alpha value is -2.61. The lowest BCUT2D eigenvalue weighted by Crippen LogP contribution is -2.33. The molecule has 1 aliphatic carbocycles. The summed E-state index contributed by atoms with van der Waals surface area (Å²) in [4.78, 5) is 12.2. The van der Waals surface area contributed by atoms with E-state index in [9.17, 15) is 17.6 Å². The van der Waals surface area contributed by atoms with Gasteiger partial charge in [0.05, 0.1) is 17.6 Å². The van der Waals surface area contributed by atoms with Gasteiger partial charge in [-0.05, 0) is 43.2 Å². The van der Waals surface area contributed by atoms with E-state index in [1.165, 1.54) is 16.4 Å². The standard InChI is InChI=1S/C18H19FN2O4S/c1-26(23,24)21(14-8-9-14)17-10-7-13(19)11-16(17)20-18(22)12-25-15-5-3-2-4-6-15/h2-7,10-11,14H,8-9,12H2,1H3,(H,20,22). The predicted molar refractivity (Wildman–Crippen MR) is 97.3 cm³/mol. The quantitative estimate of drug-likeness (QED) is 0.804. The molecule has 0 heterocycles. The fraction of sp³-hybridized carbons (Fsp3) is 0.278. The predicted octanol–water partition coefficient (Wildman–Crippen LogP) is 2.77. The second-order valence-corrected chi connectivity index (χ2v) is 7.96. The Morgan fingerprint density at radius 2 is 1.92 bits per heavy atom. The first-order valence-electron chi connectivity index (χ1n) is 8.11. The maximum Gasteiger partial charge on any atom is 0.262 e. The SMILES string of the molecule is CS(=O)(=O)N(c1ccc(F)cc1NC(=O)COc1ccccc1)C1CC1. The van der Waals surface area contributed by atoms with Crippen LogP contribution in [-0.4, -0.2) is 33.2 Å². The van der Waals surface area contributed by atoms with Crippen molar-refractivity contribution < 1.29 is 22.3 Å². The van der Waals surface area contributed by atoms with Gasteiger partial charge in [0, 0.05) is 6.04 Å². The van der Waals surface area contributed by atoms with E-state index in [1.54, 1.807) is 24.3 Å². The van der Waals surface area contributed by atoms with Crippen LogP contribution in [0.15, 0.2) is 48.5 Å². The molecule has 1 fully saturated rings. The molecule has 1 amide bonds. The minimum atomic E-state index is -3.55. The molecule has 2 aromatic rings. The zero-order chi connectivity index (χ0) is 18.7. The van der Waals surface area contributed by atoms with Crippen LogP contribution in [0.1, 0.15) is 12.8 Å². The molecule has 6 nitrogen and oxygen atoms in total. The van der Waals surface area contributed by atoms with E-state index >= 15 is 0 Å². The molecule has 0 spiro atoms. The Labute approximate surface area is 151 Å². The van der Waals surface area contributed by atoms with Crippen LogP contribution in [0.3, 0.4) is 0 Å². The molecule has 1 aliphatic rings. The zero-order valence-corrected chi connectivity index (χ0v) is 15.0. The maximum atomic E-state index is 13.7. The van der Waals surface area contributed by atoms with E-state index in [2.05, 4.69) is 5.32 Å². The molecule has 138 valence electrons. The number of para-hydroxylation sites is 1. The molecule has 26 heavy (non-hydrogen) atoms. The highest BCUT2D eigenvalue weighted by molar-refractivity contribution is 7.92. The van der Waals surface area contributed by atoms with Crippen molar-refractivity contribution in [2.75, 3.05) is 22.5 Å². The van der Waals surface area contributed by atoms with Gasteiger partial charge in [0.25, 0.3) is 5.91 Å². The minimum absolute atomic E-state index is 0.101. The second-order valence-electron chi connectivity index (χ2n) is 6.10. The molecule has 0 saturated heterocycles. The molecule has 1 N–H and O–H groups in total. The van der Waals surface area contributed by atoms with Gasteiger partial charge in [-0.1, -0.05) is 18.2 Å². The zero-order valence-electron chi connectivity index (χ0n) is 14.2. The van der Waals surface area contributed by atoms with Crippen molar-refractivity contribution in [3.63, 3.8) is 0 Å². The molecule has 3 rings (SSSR count). The van der Waals surface area contributed by atoms with Gasteiger partial charge >= 0.3 is 0 Å². The molecule has 0 aromatic heterocycles. The van der Waals surface area contributed by atoms with Crippen LogP contribution < -0.4 is 14.4 Å². The Morgan fingerprint density at radius 3 is 2.54 bits per heavy atom. The molecule has 8 heteroatoms. The summed E-state index contributed by atoms with van der Waals surface area (Å²) < 4.78 is 44.6. The first-order chi connectivity index (χ1) is 12.3. The molecule has 0 radical (unpaired) electrons. The lowest BCUT2D eigenvalue weighted by molar-refractivity contribution is -0.118. The molecule has 0 bridgehead atoms. The van der Waals surface area contributed by atoms with Gasteiger partial charge in [-0.25, -0.2) is 12.8 Å². The summed E-state index contributed by atoms with van der Waals surface area (Å²) in [6.45, 7) is -0.276. The van der Waals surface area contributed by atoms with Crippen LogP contribution in [0.5, 0.6) is 5.75 Å². The average Bonchev–Trinajstić information content (AvgIpc) is 3.40. The molecule has 0 unspecified atom stereocenters. The molecule has 2 aromatic carbocycles. The first kappa shape index (κ1) is 18.2. The number of sulfonamides is 1. The normalized spacial score (nSPS) is 13.9. The summed E-state index contributed by atoms with van der Waals surface area (Å²) >= 11 is 0. The first-order valence-corrected chi connectivity index (χ1v) is 9.96. The van der Waals surface area contributed by atoms with Crippen molar-refractivity contribution in [3.05, 3.63) is 54.3 Å². The largest absolute Gasteiger partial charge is 0.484 e. The van der Waals surface area contributed by atoms with Crippen molar-refractivity contribution in [3.8, 4) is 5.75 Å². The van der Waals surface area contributed by atoms with Gasteiger partial charge < -0.3 is 10.1 Å². The number of nitrogens with one attached hydrogen (secondary N) is 1. The summed E-state index contributed by atoms with van der Waals surface area (Å²) in [6.07, 6.45) is 2.56. The number of halogens is 1. The maximum absolute atomic E-state index is 13.7. The van der Waals surface area contributed by atoms with Gasteiger partial charge in [0.15, 0.2) is 6.61 Å². The summed E-state index contributed by atoms with van der Waals surface area (Å²) in [7, 11) is -3.55. The molecular weight excluding hydrogens is 359 g/mol. The van der Waals surface area contributed by atoms with Crippen molar-refractivity contribution >= 4 is 27.3 Å². The van der Waals surface area contributed by atoms with Crippen LogP contribution in [0, 0.1) is 5.82 Å². The Morgan fingerprint density at radius 1 is 1.23 bits per heavy atom. The van der Waals surface area contributed by atoms with Crippen molar-refractivity contribution in [1.29, 1.82) is 0 Å². The summed E-state index contributed by atoms with van der Waals surface area (Å²) in [5.41, 5.74) is 0.355. The number of amides is 1. The Balaban J connectivity index is 1.78. The lowest BCUT2D eigenvalue weighted by Gasteiger charge is -2.25. The van der Waals surface area contributed by atoms with Gasteiger partial charge in [0.2, 0.25) is 10.0 Å². The lowest BCUT2D eigenvalue weighted by atomic mass is 10.2. The van der Waals surface area contributed by atoms with Crippen LogP contribution in [0.4, 0.5) is 15.8 Å². The van der Waals surface area contributed by atoms with Crippen molar-refractivity contribution in [2.24, 2.45) is 0 Å². The van der Waals surface area contributed by atoms with E-state index in [0.29, 0.717) is 5.75 Å². The topological polar surface area (TPSA) is 75.7 Å². The number of anilines is 2. The van der Waals surface area contributed by atoms with Gasteiger partial charge in [-0.15, -0.1) is 0 Å². The fourth-order valence-corrected chi connectivity index (χ4v) is 3.88. The van der Waals surface area contributed by atoms with E-state index in [-0.39, 0.29) is 24.0 Å². The monoisotopic (exact) mass is 378 g/mol.